The molecular formula is C20H19NO2. The molecule has 0 unspecified atom stereocenters. The Morgan fingerprint density at radius 2 is 1.70 bits per heavy atom. The van der Waals surface area contributed by atoms with Gasteiger partial charge in [0.05, 0.1) is 19.1 Å². The second-order valence-electron chi connectivity index (χ2n) is 5.55. The van der Waals surface area contributed by atoms with E-state index in [0.717, 1.165) is 16.8 Å². The molecule has 0 bridgehead atoms. The molecule has 0 N–H and O–H groups in total. The van der Waals surface area contributed by atoms with Gasteiger partial charge < -0.3 is 4.74 Å². The van der Waals surface area contributed by atoms with Gasteiger partial charge in [-0.3, -0.25) is 9.79 Å². The first-order valence-corrected chi connectivity index (χ1v) is 7.70. The van der Waals surface area contributed by atoms with Gasteiger partial charge in [0.25, 0.3) is 0 Å². The molecule has 2 atom stereocenters. The van der Waals surface area contributed by atoms with Gasteiger partial charge in [0, 0.05) is 12.1 Å². The van der Waals surface area contributed by atoms with Crippen LogP contribution in [0.5, 0.6) is 0 Å². The highest BCUT2D eigenvalue weighted by Gasteiger charge is 2.35. The lowest BCUT2D eigenvalue weighted by molar-refractivity contribution is -0.145. The molecule has 3 heteroatoms. The van der Waals surface area contributed by atoms with Crippen LogP contribution in [0.25, 0.3) is 6.08 Å². The van der Waals surface area contributed by atoms with Gasteiger partial charge >= 0.3 is 5.97 Å². The van der Waals surface area contributed by atoms with Gasteiger partial charge in [0.1, 0.15) is 0 Å². The molecular weight excluding hydrogens is 286 g/mol. The Balaban J connectivity index is 1.84. The third-order valence-electron chi connectivity index (χ3n) is 4.03. The van der Waals surface area contributed by atoms with E-state index in [2.05, 4.69) is 0 Å². The van der Waals surface area contributed by atoms with E-state index in [4.69, 9.17) is 9.73 Å². The van der Waals surface area contributed by atoms with Crippen LogP contribution in [-0.2, 0) is 9.53 Å². The minimum absolute atomic E-state index is 0.168. The topological polar surface area (TPSA) is 38.7 Å². The van der Waals surface area contributed by atoms with Crippen LogP contribution in [0.4, 0.5) is 0 Å². The summed E-state index contributed by atoms with van der Waals surface area (Å²) in [4.78, 5) is 16.9. The molecule has 1 aliphatic heterocycles. The number of carbonyl (C=O) groups excluding carboxylic acids is 1. The van der Waals surface area contributed by atoms with Crippen molar-refractivity contribution in [2.75, 3.05) is 7.11 Å². The maximum Gasteiger partial charge on any atom is 0.311 e. The fraction of sp³-hybridized carbons (Fsp3) is 0.200. The number of carbonyl (C=O) groups is 1. The van der Waals surface area contributed by atoms with Gasteiger partial charge in [-0.1, -0.05) is 66.7 Å². The highest BCUT2D eigenvalue weighted by atomic mass is 16.5. The summed E-state index contributed by atoms with van der Waals surface area (Å²) in [6, 6.07) is 19.8. The molecule has 0 amide bonds. The van der Waals surface area contributed by atoms with E-state index in [1.54, 1.807) is 0 Å². The number of rotatable bonds is 4. The van der Waals surface area contributed by atoms with Crippen molar-refractivity contribution in [1.82, 2.24) is 0 Å². The second kappa shape index (κ2) is 7.05. The molecule has 116 valence electrons. The zero-order valence-electron chi connectivity index (χ0n) is 13.1. The largest absolute Gasteiger partial charge is 0.469 e. The minimum Gasteiger partial charge on any atom is -0.469 e. The fourth-order valence-corrected chi connectivity index (χ4v) is 2.85. The Morgan fingerprint density at radius 1 is 1.04 bits per heavy atom. The van der Waals surface area contributed by atoms with Crippen molar-refractivity contribution in [3.05, 3.63) is 77.9 Å². The SMILES string of the molecule is COC(=O)[C@@H]1CC(/C=C/c2ccccc2)=N[C@@H]1c1ccccc1. The van der Waals surface area contributed by atoms with E-state index < -0.39 is 0 Å². The van der Waals surface area contributed by atoms with Crippen molar-refractivity contribution in [2.45, 2.75) is 12.5 Å². The summed E-state index contributed by atoms with van der Waals surface area (Å²) < 4.78 is 4.96. The van der Waals surface area contributed by atoms with Crippen LogP contribution in [0, 0.1) is 5.92 Å². The van der Waals surface area contributed by atoms with Crippen LogP contribution in [0.2, 0.25) is 0 Å². The lowest BCUT2D eigenvalue weighted by Crippen LogP contribution is -2.20. The maximum absolute atomic E-state index is 12.1. The summed E-state index contributed by atoms with van der Waals surface area (Å²) >= 11 is 0. The smallest absolute Gasteiger partial charge is 0.311 e. The Morgan fingerprint density at radius 3 is 2.35 bits per heavy atom. The van der Waals surface area contributed by atoms with Crippen molar-refractivity contribution in [1.29, 1.82) is 0 Å². The van der Waals surface area contributed by atoms with Gasteiger partial charge in [0.2, 0.25) is 0 Å². The first kappa shape index (κ1) is 15.2. The van der Waals surface area contributed by atoms with Gasteiger partial charge in [0.15, 0.2) is 0 Å². The van der Waals surface area contributed by atoms with Crippen molar-refractivity contribution in [3.63, 3.8) is 0 Å². The van der Waals surface area contributed by atoms with E-state index in [9.17, 15) is 4.79 Å². The van der Waals surface area contributed by atoms with E-state index in [1.165, 1.54) is 7.11 Å². The normalized spacial score (nSPS) is 20.5. The molecule has 0 spiro atoms. The number of allylic oxidation sites excluding steroid dienone is 1. The van der Waals surface area contributed by atoms with E-state index in [1.807, 2.05) is 72.8 Å². The Labute approximate surface area is 136 Å². The van der Waals surface area contributed by atoms with E-state index in [-0.39, 0.29) is 17.9 Å². The molecule has 1 heterocycles. The Hall–Kier alpha value is -2.68. The summed E-state index contributed by atoms with van der Waals surface area (Å²) in [6.45, 7) is 0. The monoisotopic (exact) mass is 305 g/mol. The van der Waals surface area contributed by atoms with Crippen LogP contribution in [0.1, 0.15) is 23.6 Å². The molecule has 3 nitrogen and oxygen atoms in total. The van der Waals surface area contributed by atoms with Crippen LogP contribution in [-0.4, -0.2) is 18.8 Å². The number of benzene rings is 2. The number of aliphatic imine (C=N–C) groups is 1. The van der Waals surface area contributed by atoms with Gasteiger partial charge in [-0.05, 0) is 17.2 Å². The average molecular weight is 305 g/mol. The van der Waals surface area contributed by atoms with Crippen molar-refractivity contribution in [3.8, 4) is 0 Å². The first-order chi connectivity index (χ1) is 11.3. The summed E-state index contributed by atoms with van der Waals surface area (Å²) in [5.74, 6) is -0.455. The maximum atomic E-state index is 12.1. The van der Waals surface area contributed by atoms with Crippen molar-refractivity contribution in [2.24, 2.45) is 10.9 Å². The lowest BCUT2D eigenvalue weighted by Gasteiger charge is -2.15. The standard InChI is InChI=1S/C20H19NO2/c1-23-20(22)18-14-17(13-12-15-8-4-2-5-9-15)21-19(18)16-10-6-3-7-11-16/h2-13,18-19H,14H2,1H3/b13-12+/t18-,19-/m1/s1. The van der Waals surface area contributed by atoms with Gasteiger partial charge in [-0.15, -0.1) is 0 Å². The number of hydrogen-bond donors (Lipinski definition) is 0. The molecule has 2 aromatic rings. The van der Waals surface area contributed by atoms with Crippen LogP contribution >= 0.6 is 0 Å². The minimum atomic E-state index is -0.252. The molecule has 3 rings (SSSR count). The molecule has 0 fully saturated rings. The van der Waals surface area contributed by atoms with Gasteiger partial charge in [-0.25, -0.2) is 0 Å². The number of ether oxygens (including phenoxy) is 1. The number of nitrogens with zero attached hydrogens (tertiary/aromatic N) is 1. The summed E-state index contributed by atoms with van der Waals surface area (Å²) in [7, 11) is 1.43. The van der Waals surface area contributed by atoms with Crippen LogP contribution < -0.4 is 0 Å². The second-order valence-corrected chi connectivity index (χ2v) is 5.55. The molecule has 0 saturated heterocycles. The summed E-state index contributed by atoms with van der Waals surface area (Å²) in [5.41, 5.74) is 3.09. The molecule has 23 heavy (non-hydrogen) atoms. The Kier molecular flexibility index (Phi) is 4.67. The summed E-state index contributed by atoms with van der Waals surface area (Å²) in [6.07, 6.45) is 4.63. The molecule has 0 radical (unpaired) electrons. The van der Waals surface area contributed by atoms with Crippen molar-refractivity contribution < 1.29 is 9.53 Å². The zero-order chi connectivity index (χ0) is 16.1. The highest BCUT2D eigenvalue weighted by Crippen LogP contribution is 2.35. The van der Waals surface area contributed by atoms with E-state index in [0.29, 0.717) is 6.42 Å². The zero-order valence-corrected chi connectivity index (χ0v) is 13.1. The average Bonchev–Trinajstić information content (AvgIpc) is 3.05. The molecule has 2 aromatic carbocycles. The van der Waals surface area contributed by atoms with Crippen LogP contribution in [0.3, 0.4) is 0 Å². The number of esters is 1. The third kappa shape index (κ3) is 3.57. The van der Waals surface area contributed by atoms with Crippen molar-refractivity contribution >= 4 is 17.8 Å². The highest BCUT2D eigenvalue weighted by molar-refractivity contribution is 6.02. The molecule has 0 aliphatic carbocycles. The van der Waals surface area contributed by atoms with Gasteiger partial charge in [-0.2, -0.15) is 0 Å². The molecule has 1 aliphatic rings. The predicted octanol–water partition coefficient (Wildman–Crippen LogP) is 4.08. The summed E-state index contributed by atoms with van der Waals surface area (Å²) in [5, 5.41) is 0. The molecule has 0 aromatic heterocycles. The predicted molar refractivity (Wildman–Crippen MR) is 92.2 cm³/mol. The third-order valence-corrected chi connectivity index (χ3v) is 4.03. The molecule has 0 saturated carbocycles. The number of methoxy groups -OCH3 is 1. The first-order valence-electron chi connectivity index (χ1n) is 7.70. The number of hydrogen-bond acceptors (Lipinski definition) is 3. The lowest BCUT2D eigenvalue weighted by atomic mass is 9.92. The quantitative estimate of drug-likeness (QED) is 0.799. The van der Waals surface area contributed by atoms with E-state index >= 15 is 0 Å². The van der Waals surface area contributed by atoms with Crippen LogP contribution in [0.15, 0.2) is 71.7 Å². The fourth-order valence-electron chi connectivity index (χ4n) is 2.85. The Bertz CT molecular complexity index is 720.